The Balaban J connectivity index is 0.00000144. The molecule has 0 amide bonds. The van der Waals surface area contributed by atoms with Crippen LogP contribution in [0.1, 0.15) is 30.0 Å². The summed E-state index contributed by atoms with van der Waals surface area (Å²) in [6.45, 7) is 3.54. The second-order valence-electron chi connectivity index (χ2n) is 3.19. The predicted octanol–water partition coefficient (Wildman–Crippen LogP) is 0.723. The molecular weight excluding hydrogens is 194 g/mol. The Morgan fingerprint density at radius 3 is 2.46 bits per heavy atom. The number of hydrogen-bond donors (Lipinski definition) is 3. The van der Waals surface area contributed by atoms with Crippen LogP contribution in [0.2, 0.25) is 0 Å². The molecule has 5 nitrogen and oxygen atoms in total. The van der Waals surface area contributed by atoms with Crippen molar-refractivity contribution in [3.8, 4) is 0 Å². The molecule has 0 radical (unpaired) electrons. The average Bonchev–Trinajstić information content (AvgIpc) is 2.30. The molecule has 0 aliphatic rings. The molecule has 6 heteroatoms. The fourth-order valence-corrected chi connectivity index (χ4v) is 0.761. The van der Waals surface area contributed by atoms with Gasteiger partial charge in [0.1, 0.15) is 0 Å². The Bertz CT molecular complexity index is 303. The van der Waals surface area contributed by atoms with Gasteiger partial charge in [-0.15, -0.1) is 12.4 Å². The number of aromatic amines is 1. The molecular formula is C7H12ClN3O2. The standard InChI is InChI=1S/C7H11N3O2.ClH/c1-7(2,8)5-3-4(6(11)12)9-10-5;/h3H,8H2,1-2H3,(H,9,10)(H,11,12);1H. The Morgan fingerprint density at radius 1 is 1.69 bits per heavy atom. The van der Waals surface area contributed by atoms with E-state index in [4.69, 9.17) is 10.8 Å². The zero-order chi connectivity index (χ0) is 9.35. The van der Waals surface area contributed by atoms with Crippen molar-refractivity contribution < 1.29 is 9.90 Å². The third kappa shape index (κ3) is 2.71. The zero-order valence-corrected chi connectivity index (χ0v) is 8.18. The van der Waals surface area contributed by atoms with E-state index in [0.717, 1.165) is 0 Å². The minimum Gasteiger partial charge on any atom is -0.476 e. The highest BCUT2D eigenvalue weighted by Crippen LogP contribution is 2.14. The maximum atomic E-state index is 10.4. The molecule has 74 valence electrons. The molecule has 1 aromatic heterocycles. The first-order valence-corrected chi connectivity index (χ1v) is 3.49. The summed E-state index contributed by atoms with van der Waals surface area (Å²) in [6.07, 6.45) is 0. The summed E-state index contributed by atoms with van der Waals surface area (Å²) in [7, 11) is 0. The summed E-state index contributed by atoms with van der Waals surface area (Å²) in [5, 5.41) is 14.7. The molecule has 1 aromatic rings. The van der Waals surface area contributed by atoms with Crippen molar-refractivity contribution in [2.75, 3.05) is 0 Å². The van der Waals surface area contributed by atoms with Crippen molar-refractivity contribution in [3.05, 3.63) is 17.5 Å². The van der Waals surface area contributed by atoms with Crippen molar-refractivity contribution >= 4 is 18.4 Å². The van der Waals surface area contributed by atoms with E-state index in [9.17, 15) is 4.79 Å². The number of halogens is 1. The number of nitrogens with one attached hydrogen (secondary N) is 1. The van der Waals surface area contributed by atoms with E-state index < -0.39 is 11.5 Å². The van der Waals surface area contributed by atoms with Crippen LogP contribution >= 0.6 is 12.4 Å². The lowest BCUT2D eigenvalue weighted by atomic mass is 10.0. The van der Waals surface area contributed by atoms with E-state index in [-0.39, 0.29) is 18.1 Å². The van der Waals surface area contributed by atoms with Crippen LogP contribution in [0.5, 0.6) is 0 Å². The maximum absolute atomic E-state index is 10.4. The molecule has 13 heavy (non-hydrogen) atoms. The van der Waals surface area contributed by atoms with Crippen LogP contribution in [-0.4, -0.2) is 21.3 Å². The van der Waals surface area contributed by atoms with Crippen LogP contribution in [0.3, 0.4) is 0 Å². The Labute approximate surface area is 81.7 Å². The van der Waals surface area contributed by atoms with E-state index in [1.807, 2.05) is 0 Å². The van der Waals surface area contributed by atoms with E-state index in [2.05, 4.69) is 10.2 Å². The van der Waals surface area contributed by atoms with Crippen LogP contribution in [0.4, 0.5) is 0 Å². The number of rotatable bonds is 2. The van der Waals surface area contributed by atoms with Gasteiger partial charge in [0.2, 0.25) is 0 Å². The molecule has 0 unspecified atom stereocenters. The largest absolute Gasteiger partial charge is 0.476 e. The number of aromatic carboxylic acids is 1. The number of carboxylic acid groups (broad SMARTS) is 1. The number of nitrogens with two attached hydrogens (primary N) is 1. The third-order valence-corrected chi connectivity index (χ3v) is 1.49. The van der Waals surface area contributed by atoms with Crippen LogP contribution in [-0.2, 0) is 5.54 Å². The van der Waals surface area contributed by atoms with Crippen molar-refractivity contribution in [2.45, 2.75) is 19.4 Å². The molecule has 1 heterocycles. The van der Waals surface area contributed by atoms with E-state index in [1.54, 1.807) is 13.8 Å². The van der Waals surface area contributed by atoms with Crippen LogP contribution in [0.25, 0.3) is 0 Å². The van der Waals surface area contributed by atoms with Gasteiger partial charge in [0, 0.05) is 0 Å². The van der Waals surface area contributed by atoms with Crippen molar-refractivity contribution in [2.24, 2.45) is 5.73 Å². The van der Waals surface area contributed by atoms with Gasteiger partial charge in [0.05, 0.1) is 11.2 Å². The number of carboxylic acids is 1. The molecule has 0 saturated carbocycles. The first-order valence-electron chi connectivity index (χ1n) is 3.49. The van der Waals surface area contributed by atoms with Gasteiger partial charge >= 0.3 is 5.97 Å². The van der Waals surface area contributed by atoms with Gasteiger partial charge in [0.15, 0.2) is 5.69 Å². The quantitative estimate of drug-likeness (QED) is 0.664. The third-order valence-electron chi connectivity index (χ3n) is 1.49. The fourth-order valence-electron chi connectivity index (χ4n) is 0.761. The first-order chi connectivity index (χ1) is 5.41. The van der Waals surface area contributed by atoms with Crippen molar-refractivity contribution in [1.29, 1.82) is 0 Å². The van der Waals surface area contributed by atoms with Gasteiger partial charge in [0.25, 0.3) is 0 Å². The molecule has 0 aliphatic carbocycles. The fraction of sp³-hybridized carbons (Fsp3) is 0.429. The lowest BCUT2D eigenvalue weighted by Gasteiger charge is -2.14. The van der Waals surface area contributed by atoms with Gasteiger partial charge in [-0.3, -0.25) is 5.10 Å². The normalized spacial score (nSPS) is 10.7. The molecule has 0 atom stereocenters. The van der Waals surface area contributed by atoms with Crippen LogP contribution in [0, 0.1) is 0 Å². The summed E-state index contributed by atoms with van der Waals surface area (Å²) in [5.41, 5.74) is 5.72. The van der Waals surface area contributed by atoms with E-state index in [1.165, 1.54) is 6.07 Å². The summed E-state index contributed by atoms with van der Waals surface area (Å²) < 4.78 is 0. The summed E-state index contributed by atoms with van der Waals surface area (Å²) >= 11 is 0. The number of H-pyrrole nitrogens is 1. The van der Waals surface area contributed by atoms with Gasteiger partial charge < -0.3 is 10.8 Å². The smallest absolute Gasteiger partial charge is 0.356 e. The number of aromatic nitrogens is 2. The average molecular weight is 206 g/mol. The minimum absolute atomic E-state index is 0. The topological polar surface area (TPSA) is 92.0 Å². The molecule has 1 rings (SSSR count). The predicted molar refractivity (Wildman–Crippen MR) is 50.0 cm³/mol. The second-order valence-corrected chi connectivity index (χ2v) is 3.19. The summed E-state index contributed by atoms with van der Waals surface area (Å²) in [5.74, 6) is -1.05. The van der Waals surface area contributed by atoms with E-state index >= 15 is 0 Å². The summed E-state index contributed by atoms with van der Waals surface area (Å²) in [6, 6.07) is 1.43. The molecule has 0 bridgehead atoms. The minimum atomic E-state index is -1.05. The van der Waals surface area contributed by atoms with Gasteiger partial charge in [-0.2, -0.15) is 5.10 Å². The number of nitrogens with zero attached hydrogens (tertiary/aromatic N) is 1. The lowest BCUT2D eigenvalue weighted by molar-refractivity contribution is 0.0690. The highest BCUT2D eigenvalue weighted by atomic mass is 35.5. The zero-order valence-electron chi connectivity index (χ0n) is 7.37. The van der Waals surface area contributed by atoms with Crippen LogP contribution in [0.15, 0.2) is 6.07 Å². The Kier molecular flexibility index (Phi) is 3.45. The monoisotopic (exact) mass is 205 g/mol. The van der Waals surface area contributed by atoms with E-state index in [0.29, 0.717) is 5.69 Å². The first kappa shape index (κ1) is 11.9. The number of carbonyl (C=O) groups is 1. The molecule has 0 spiro atoms. The lowest BCUT2D eigenvalue weighted by Crippen LogP contribution is -2.29. The molecule has 0 saturated heterocycles. The SMILES string of the molecule is CC(C)(N)c1cc(C(=O)O)n[nH]1.Cl. The molecule has 0 aliphatic heterocycles. The molecule has 0 fully saturated rings. The van der Waals surface area contributed by atoms with Crippen LogP contribution < -0.4 is 5.73 Å². The van der Waals surface area contributed by atoms with Crippen molar-refractivity contribution in [3.63, 3.8) is 0 Å². The second kappa shape index (κ2) is 3.76. The van der Waals surface area contributed by atoms with Gasteiger partial charge in [-0.25, -0.2) is 4.79 Å². The molecule has 4 N–H and O–H groups in total. The van der Waals surface area contributed by atoms with Gasteiger partial charge in [-0.05, 0) is 19.9 Å². The number of hydrogen-bond acceptors (Lipinski definition) is 3. The Morgan fingerprint density at radius 2 is 2.23 bits per heavy atom. The maximum Gasteiger partial charge on any atom is 0.356 e. The molecule has 0 aromatic carbocycles. The Hall–Kier alpha value is -1.07. The summed E-state index contributed by atoms with van der Waals surface area (Å²) in [4.78, 5) is 10.4. The highest BCUT2D eigenvalue weighted by Gasteiger charge is 2.18. The van der Waals surface area contributed by atoms with Crippen molar-refractivity contribution in [1.82, 2.24) is 10.2 Å². The highest BCUT2D eigenvalue weighted by molar-refractivity contribution is 5.85. The van der Waals surface area contributed by atoms with Gasteiger partial charge in [-0.1, -0.05) is 0 Å².